The molecule has 2 heteroatoms. The second kappa shape index (κ2) is 7.93. The molecule has 1 atom stereocenters. The minimum Gasteiger partial charge on any atom is -0.497 e. The molecule has 1 unspecified atom stereocenters. The predicted octanol–water partition coefficient (Wildman–Crippen LogP) is 4.09. The smallest absolute Gasteiger partial charge is 0.119 e. The molecule has 0 radical (unpaired) electrons. The van der Waals surface area contributed by atoms with Crippen LogP contribution in [0.2, 0.25) is 0 Å². The molecule has 1 rings (SSSR count). The largest absolute Gasteiger partial charge is 0.497 e. The van der Waals surface area contributed by atoms with E-state index in [1.165, 1.54) is 11.1 Å². The Kier molecular flexibility index (Phi) is 6.51. The molecule has 0 aliphatic heterocycles. The van der Waals surface area contributed by atoms with Gasteiger partial charge in [-0.3, -0.25) is 0 Å². The van der Waals surface area contributed by atoms with Gasteiger partial charge in [0.05, 0.1) is 7.11 Å². The normalized spacial score (nSPS) is 12.2. The van der Waals surface area contributed by atoms with Gasteiger partial charge in [-0.1, -0.05) is 24.6 Å². The van der Waals surface area contributed by atoms with Crippen molar-refractivity contribution >= 4 is 0 Å². The summed E-state index contributed by atoms with van der Waals surface area (Å²) in [6.45, 7) is 9.30. The van der Waals surface area contributed by atoms with Crippen LogP contribution >= 0.6 is 0 Å². The van der Waals surface area contributed by atoms with Crippen molar-refractivity contribution in [1.82, 2.24) is 5.32 Å². The minimum atomic E-state index is 0.386. The Hall–Kier alpha value is -1.28. The Bertz CT molecular complexity index is 373. The number of rotatable bonds is 8. The highest BCUT2D eigenvalue weighted by Gasteiger charge is 2.11. The van der Waals surface area contributed by atoms with Crippen molar-refractivity contribution in [3.8, 4) is 5.75 Å². The van der Waals surface area contributed by atoms with Crippen molar-refractivity contribution < 1.29 is 4.74 Å². The van der Waals surface area contributed by atoms with Crippen molar-refractivity contribution in [3.63, 3.8) is 0 Å². The van der Waals surface area contributed by atoms with Crippen molar-refractivity contribution in [2.45, 2.75) is 39.2 Å². The third-order valence-corrected chi connectivity index (χ3v) is 3.00. The van der Waals surface area contributed by atoms with E-state index in [0.717, 1.165) is 31.6 Å². The molecule has 2 nitrogen and oxygen atoms in total. The topological polar surface area (TPSA) is 21.3 Å². The zero-order chi connectivity index (χ0) is 13.4. The minimum absolute atomic E-state index is 0.386. The molecule has 0 saturated heterocycles. The van der Waals surface area contributed by atoms with Crippen LogP contribution in [0.15, 0.2) is 36.4 Å². The van der Waals surface area contributed by atoms with Gasteiger partial charge in [0, 0.05) is 6.04 Å². The second-order valence-corrected chi connectivity index (χ2v) is 4.78. The highest BCUT2D eigenvalue weighted by Crippen LogP contribution is 2.24. The Labute approximate surface area is 111 Å². The maximum atomic E-state index is 5.29. The summed E-state index contributed by atoms with van der Waals surface area (Å²) in [5, 5.41) is 3.60. The van der Waals surface area contributed by atoms with Crippen LogP contribution in [0.5, 0.6) is 5.75 Å². The summed E-state index contributed by atoms with van der Waals surface area (Å²) < 4.78 is 5.29. The fourth-order valence-electron chi connectivity index (χ4n) is 1.95. The first-order valence-corrected chi connectivity index (χ1v) is 6.69. The standard InChI is InChI=1S/C16H25NO/c1-5-11-17-16(10-9-13(2)3)14-7-6-8-15(12-14)18-4/h6-8,12,16-17H,2,5,9-11H2,1,3-4H3. The lowest BCUT2D eigenvalue weighted by Gasteiger charge is -2.19. The quantitative estimate of drug-likeness (QED) is 0.699. The monoisotopic (exact) mass is 247 g/mol. The van der Waals surface area contributed by atoms with Crippen LogP contribution in [0, 0.1) is 0 Å². The molecule has 1 aromatic rings. The van der Waals surface area contributed by atoms with Gasteiger partial charge >= 0.3 is 0 Å². The van der Waals surface area contributed by atoms with Gasteiger partial charge in [0.1, 0.15) is 5.75 Å². The number of hydrogen-bond donors (Lipinski definition) is 1. The van der Waals surface area contributed by atoms with Gasteiger partial charge in [0.15, 0.2) is 0 Å². The first kappa shape index (κ1) is 14.8. The molecular weight excluding hydrogens is 222 g/mol. The van der Waals surface area contributed by atoms with Crippen LogP contribution < -0.4 is 10.1 Å². The van der Waals surface area contributed by atoms with E-state index in [9.17, 15) is 0 Å². The molecule has 100 valence electrons. The summed E-state index contributed by atoms with van der Waals surface area (Å²) in [5.74, 6) is 0.922. The van der Waals surface area contributed by atoms with E-state index in [0.29, 0.717) is 6.04 Å². The molecule has 0 fully saturated rings. The van der Waals surface area contributed by atoms with Crippen LogP contribution in [-0.4, -0.2) is 13.7 Å². The molecule has 0 aromatic heterocycles. The van der Waals surface area contributed by atoms with E-state index in [4.69, 9.17) is 4.74 Å². The summed E-state index contributed by atoms with van der Waals surface area (Å²) in [6, 6.07) is 8.70. The van der Waals surface area contributed by atoms with Crippen LogP contribution in [-0.2, 0) is 0 Å². The van der Waals surface area contributed by atoms with Crippen LogP contribution in [0.1, 0.15) is 44.7 Å². The number of hydrogen-bond acceptors (Lipinski definition) is 2. The van der Waals surface area contributed by atoms with Gasteiger partial charge < -0.3 is 10.1 Å². The third kappa shape index (κ3) is 4.92. The average Bonchev–Trinajstić information content (AvgIpc) is 2.38. The van der Waals surface area contributed by atoms with Gasteiger partial charge in [-0.2, -0.15) is 0 Å². The number of allylic oxidation sites excluding steroid dienone is 1. The van der Waals surface area contributed by atoms with Crippen LogP contribution in [0.25, 0.3) is 0 Å². The number of nitrogens with one attached hydrogen (secondary N) is 1. The van der Waals surface area contributed by atoms with Gasteiger partial charge in [0.25, 0.3) is 0 Å². The van der Waals surface area contributed by atoms with Crippen molar-refractivity contribution in [1.29, 1.82) is 0 Å². The summed E-state index contributed by atoms with van der Waals surface area (Å²) >= 11 is 0. The number of benzene rings is 1. The van der Waals surface area contributed by atoms with Gasteiger partial charge in [0.2, 0.25) is 0 Å². The molecule has 1 N–H and O–H groups in total. The SMILES string of the molecule is C=C(C)CCC(NCCC)c1cccc(OC)c1. The highest BCUT2D eigenvalue weighted by molar-refractivity contribution is 5.30. The molecule has 0 saturated carbocycles. The predicted molar refractivity (Wildman–Crippen MR) is 78.1 cm³/mol. The molecule has 0 heterocycles. The molecule has 0 aliphatic rings. The Morgan fingerprint density at radius 3 is 2.83 bits per heavy atom. The first-order chi connectivity index (χ1) is 8.67. The van der Waals surface area contributed by atoms with E-state index in [2.05, 4.69) is 43.9 Å². The highest BCUT2D eigenvalue weighted by atomic mass is 16.5. The lowest BCUT2D eigenvalue weighted by atomic mass is 9.99. The summed E-state index contributed by atoms with van der Waals surface area (Å²) in [4.78, 5) is 0. The van der Waals surface area contributed by atoms with Crippen LogP contribution in [0.3, 0.4) is 0 Å². The van der Waals surface area contributed by atoms with E-state index >= 15 is 0 Å². The lowest BCUT2D eigenvalue weighted by Crippen LogP contribution is -2.22. The Morgan fingerprint density at radius 2 is 2.22 bits per heavy atom. The first-order valence-electron chi connectivity index (χ1n) is 6.69. The maximum absolute atomic E-state index is 5.29. The number of methoxy groups -OCH3 is 1. The fraction of sp³-hybridized carbons (Fsp3) is 0.500. The van der Waals surface area contributed by atoms with Gasteiger partial charge in [-0.15, -0.1) is 6.58 Å². The Balaban J connectivity index is 2.75. The molecule has 0 amide bonds. The molecule has 0 spiro atoms. The summed E-state index contributed by atoms with van der Waals surface area (Å²) in [7, 11) is 1.71. The van der Waals surface area contributed by atoms with Gasteiger partial charge in [-0.05, 0) is 50.4 Å². The maximum Gasteiger partial charge on any atom is 0.119 e. The zero-order valence-corrected chi connectivity index (χ0v) is 11.8. The van der Waals surface area contributed by atoms with Gasteiger partial charge in [-0.25, -0.2) is 0 Å². The lowest BCUT2D eigenvalue weighted by molar-refractivity contribution is 0.412. The molecular formula is C16H25NO. The van der Waals surface area contributed by atoms with E-state index in [1.807, 2.05) is 6.07 Å². The molecule has 18 heavy (non-hydrogen) atoms. The Morgan fingerprint density at radius 1 is 1.44 bits per heavy atom. The molecule has 0 bridgehead atoms. The van der Waals surface area contributed by atoms with E-state index < -0.39 is 0 Å². The number of ether oxygens (including phenoxy) is 1. The second-order valence-electron chi connectivity index (χ2n) is 4.78. The summed E-state index contributed by atoms with van der Waals surface area (Å²) in [6.07, 6.45) is 3.29. The third-order valence-electron chi connectivity index (χ3n) is 3.00. The van der Waals surface area contributed by atoms with E-state index in [1.54, 1.807) is 7.11 Å². The van der Waals surface area contributed by atoms with Crippen molar-refractivity contribution in [2.75, 3.05) is 13.7 Å². The zero-order valence-electron chi connectivity index (χ0n) is 11.8. The van der Waals surface area contributed by atoms with Crippen molar-refractivity contribution in [3.05, 3.63) is 42.0 Å². The summed E-state index contributed by atoms with van der Waals surface area (Å²) in [5.41, 5.74) is 2.53. The average molecular weight is 247 g/mol. The fourth-order valence-corrected chi connectivity index (χ4v) is 1.95. The molecule has 0 aliphatic carbocycles. The molecule has 1 aromatic carbocycles. The van der Waals surface area contributed by atoms with E-state index in [-0.39, 0.29) is 0 Å². The van der Waals surface area contributed by atoms with Crippen molar-refractivity contribution in [2.24, 2.45) is 0 Å². The van der Waals surface area contributed by atoms with Crippen LogP contribution in [0.4, 0.5) is 0 Å².